The maximum absolute atomic E-state index is 12.0. The van der Waals surface area contributed by atoms with Crippen molar-refractivity contribution >= 4 is 17.3 Å². The van der Waals surface area contributed by atoms with E-state index >= 15 is 0 Å². The molecule has 1 amide bonds. The van der Waals surface area contributed by atoms with Gasteiger partial charge in [0.2, 0.25) is 0 Å². The van der Waals surface area contributed by atoms with Crippen LogP contribution in [0.4, 0.5) is 11.4 Å². The topological polar surface area (TPSA) is 93.5 Å². The zero-order chi connectivity index (χ0) is 17.0. The van der Waals surface area contributed by atoms with E-state index in [2.05, 4.69) is 10.6 Å². The number of nitrogens with one attached hydrogen (secondary N) is 2. The van der Waals surface area contributed by atoms with Gasteiger partial charge in [-0.25, -0.2) is 0 Å². The Kier molecular flexibility index (Phi) is 5.54. The molecule has 0 aliphatic heterocycles. The number of hydrogen-bond acceptors (Lipinski definition) is 5. The second kappa shape index (κ2) is 7.41. The number of methoxy groups -OCH3 is 1. The Bertz CT molecular complexity index is 589. The van der Waals surface area contributed by atoms with E-state index in [1.807, 2.05) is 13.8 Å². The third kappa shape index (κ3) is 4.41. The lowest BCUT2D eigenvalue weighted by molar-refractivity contribution is -0.384. The van der Waals surface area contributed by atoms with Crippen LogP contribution >= 0.6 is 0 Å². The molecule has 1 aliphatic rings. The highest BCUT2D eigenvalue weighted by Gasteiger charge is 2.27. The van der Waals surface area contributed by atoms with Crippen LogP contribution in [0.2, 0.25) is 0 Å². The molecule has 0 radical (unpaired) electrons. The van der Waals surface area contributed by atoms with Gasteiger partial charge in [-0.05, 0) is 45.2 Å². The predicted molar refractivity (Wildman–Crippen MR) is 87.8 cm³/mol. The summed E-state index contributed by atoms with van der Waals surface area (Å²) in [5, 5.41) is 17.3. The number of rotatable bonds is 6. The van der Waals surface area contributed by atoms with Gasteiger partial charge < -0.3 is 15.4 Å². The minimum absolute atomic E-state index is 0.0242. The van der Waals surface area contributed by atoms with E-state index in [1.54, 1.807) is 19.2 Å². The maximum Gasteiger partial charge on any atom is 0.293 e. The molecule has 7 heteroatoms. The number of hydrogen-bond donors (Lipinski definition) is 2. The molecule has 23 heavy (non-hydrogen) atoms. The number of anilines is 1. The Hall–Kier alpha value is -2.15. The Morgan fingerprint density at radius 2 is 2.13 bits per heavy atom. The molecule has 0 heterocycles. The van der Waals surface area contributed by atoms with Crippen molar-refractivity contribution in [2.45, 2.75) is 51.3 Å². The van der Waals surface area contributed by atoms with E-state index in [-0.39, 0.29) is 35.3 Å². The molecule has 1 aromatic carbocycles. The Morgan fingerprint density at radius 3 is 2.70 bits per heavy atom. The number of ether oxygens (including phenoxy) is 1. The van der Waals surface area contributed by atoms with Crippen molar-refractivity contribution in [1.29, 1.82) is 0 Å². The smallest absolute Gasteiger partial charge is 0.293 e. The van der Waals surface area contributed by atoms with Crippen LogP contribution in [-0.2, 0) is 4.74 Å². The van der Waals surface area contributed by atoms with E-state index in [0.29, 0.717) is 5.69 Å². The lowest BCUT2D eigenvalue weighted by Gasteiger charge is -2.15. The van der Waals surface area contributed by atoms with Gasteiger partial charge in [0.1, 0.15) is 5.69 Å². The molecule has 0 saturated heterocycles. The maximum atomic E-state index is 12.0. The number of amides is 1. The van der Waals surface area contributed by atoms with E-state index in [9.17, 15) is 14.9 Å². The van der Waals surface area contributed by atoms with Crippen molar-refractivity contribution in [3.05, 3.63) is 33.9 Å². The summed E-state index contributed by atoms with van der Waals surface area (Å²) in [6, 6.07) is 4.66. The lowest BCUT2D eigenvalue weighted by atomic mass is 10.1. The highest BCUT2D eigenvalue weighted by molar-refractivity contribution is 5.95. The van der Waals surface area contributed by atoms with Crippen LogP contribution in [0.25, 0.3) is 0 Å². The van der Waals surface area contributed by atoms with Gasteiger partial charge in [-0.1, -0.05) is 0 Å². The summed E-state index contributed by atoms with van der Waals surface area (Å²) in [6.45, 7) is 3.68. The van der Waals surface area contributed by atoms with Crippen molar-refractivity contribution in [3.8, 4) is 0 Å². The van der Waals surface area contributed by atoms with Gasteiger partial charge in [-0.15, -0.1) is 0 Å². The Morgan fingerprint density at radius 1 is 1.39 bits per heavy atom. The number of benzene rings is 1. The van der Waals surface area contributed by atoms with E-state index in [0.717, 1.165) is 19.3 Å². The first-order valence-electron chi connectivity index (χ1n) is 7.79. The highest BCUT2D eigenvalue weighted by Crippen LogP contribution is 2.30. The Balaban J connectivity index is 2.17. The van der Waals surface area contributed by atoms with E-state index in [4.69, 9.17) is 4.74 Å². The van der Waals surface area contributed by atoms with Crippen molar-refractivity contribution in [1.82, 2.24) is 5.32 Å². The predicted octanol–water partition coefficient (Wildman–Crippen LogP) is 2.71. The van der Waals surface area contributed by atoms with Crippen LogP contribution in [0.15, 0.2) is 18.2 Å². The van der Waals surface area contributed by atoms with Crippen LogP contribution in [0.5, 0.6) is 0 Å². The zero-order valence-electron chi connectivity index (χ0n) is 13.7. The van der Waals surface area contributed by atoms with E-state index < -0.39 is 4.92 Å². The molecule has 0 bridgehead atoms. The molecule has 1 saturated carbocycles. The first-order chi connectivity index (χ1) is 10.9. The molecular weight excluding hydrogens is 298 g/mol. The molecule has 0 spiro atoms. The number of nitro groups is 1. The summed E-state index contributed by atoms with van der Waals surface area (Å²) >= 11 is 0. The largest absolute Gasteiger partial charge is 0.381 e. The van der Waals surface area contributed by atoms with Gasteiger partial charge in [0.25, 0.3) is 11.6 Å². The second-order valence-corrected chi connectivity index (χ2v) is 6.13. The molecule has 7 nitrogen and oxygen atoms in total. The van der Waals surface area contributed by atoms with Crippen LogP contribution < -0.4 is 10.6 Å². The molecule has 0 aromatic heterocycles. The molecule has 1 fully saturated rings. The second-order valence-electron chi connectivity index (χ2n) is 6.13. The van der Waals surface area contributed by atoms with Crippen molar-refractivity contribution in [2.24, 2.45) is 0 Å². The SMILES string of the molecule is COC1CCC(Nc2ccc(C(=O)NC(C)C)cc2[N+](=O)[O-])C1. The summed E-state index contributed by atoms with van der Waals surface area (Å²) in [5.74, 6) is -0.310. The first kappa shape index (κ1) is 17.2. The highest BCUT2D eigenvalue weighted by atomic mass is 16.6. The third-order valence-corrected chi connectivity index (χ3v) is 3.95. The van der Waals surface area contributed by atoms with E-state index in [1.165, 1.54) is 6.07 Å². The van der Waals surface area contributed by atoms with Crippen molar-refractivity contribution in [2.75, 3.05) is 12.4 Å². The summed E-state index contributed by atoms with van der Waals surface area (Å²) in [4.78, 5) is 22.9. The van der Waals surface area contributed by atoms with Crippen molar-refractivity contribution in [3.63, 3.8) is 0 Å². The summed E-state index contributed by atoms with van der Waals surface area (Å²) in [6.07, 6.45) is 2.87. The lowest BCUT2D eigenvalue weighted by Crippen LogP contribution is -2.30. The third-order valence-electron chi connectivity index (χ3n) is 3.95. The number of nitrogens with zero attached hydrogens (tertiary/aromatic N) is 1. The minimum Gasteiger partial charge on any atom is -0.381 e. The zero-order valence-corrected chi connectivity index (χ0v) is 13.7. The fourth-order valence-electron chi connectivity index (χ4n) is 2.80. The molecule has 2 rings (SSSR count). The summed E-state index contributed by atoms with van der Waals surface area (Å²) in [7, 11) is 1.68. The molecule has 2 unspecified atom stereocenters. The summed E-state index contributed by atoms with van der Waals surface area (Å²) < 4.78 is 5.32. The number of carbonyl (C=O) groups is 1. The fourth-order valence-corrected chi connectivity index (χ4v) is 2.80. The van der Waals surface area contributed by atoms with Crippen LogP contribution in [0.1, 0.15) is 43.5 Å². The minimum atomic E-state index is -0.461. The first-order valence-corrected chi connectivity index (χ1v) is 7.79. The van der Waals surface area contributed by atoms with Crippen LogP contribution in [0, 0.1) is 10.1 Å². The number of nitro benzene ring substituents is 1. The molecule has 2 atom stereocenters. The molecule has 126 valence electrons. The average molecular weight is 321 g/mol. The van der Waals surface area contributed by atoms with Gasteiger partial charge in [-0.2, -0.15) is 0 Å². The normalized spacial score (nSPS) is 20.5. The standard InChI is InChI=1S/C16H23N3O4/c1-10(2)17-16(20)11-4-7-14(15(8-11)19(21)22)18-12-5-6-13(9-12)23-3/h4,7-8,10,12-13,18H,5-6,9H2,1-3H3,(H,17,20). The van der Waals surface area contributed by atoms with Gasteiger partial charge in [0.05, 0.1) is 11.0 Å². The van der Waals surface area contributed by atoms with Gasteiger partial charge >= 0.3 is 0 Å². The van der Waals surface area contributed by atoms with Crippen LogP contribution in [-0.4, -0.2) is 36.1 Å². The van der Waals surface area contributed by atoms with Crippen LogP contribution in [0.3, 0.4) is 0 Å². The molecule has 1 aromatic rings. The van der Waals surface area contributed by atoms with Gasteiger partial charge in [-0.3, -0.25) is 14.9 Å². The molecular formula is C16H23N3O4. The Labute approximate surface area is 135 Å². The fraction of sp³-hybridized carbons (Fsp3) is 0.562. The monoisotopic (exact) mass is 321 g/mol. The summed E-state index contributed by atoms with van der Waals surface area (Å²) in [5.41, 5.74) is 0.650. The quantitative estimate of drug-likeness (QED) is 0.620. The van der Waals surface area contributed by atoms with Gasteiger partial charge in [0.15, 0.2) is 0 Å². The number of carbonyl (C=O) groups excluding carboxylic acids is 1. The molecule has 2 N–H and O–H groups in total. The average Bonchev–Trinajstić information content (AvgIpc) is 2.94. The van der Waals surface area contributed by atoms with Gasteiger partial charge in [0, 0.05) is 30.8 Å². The molecule has 1 aliphatic carbocycles. The van der Waals surface area contributed by atoms with Crippen molar-refractivity contribution < 1.29 is 14.5 Å².